The second-order valence-corrected chi connectivity index (χ2v) is 6.97. The summed E-state index contributed by atoms with van der Waals surface area (Å²) in [4.78, 5) is 31.6. The molecule has 1 aliphatic rings. The van der Waals surface area contributed by atoms with Crippen LogP contribution in [0, 0.1) is 5.92 Å². The number of carbonyl (C=O) groups is 2. The molecule has 1 aromatic heterocycles. The number of aromatic nitrogens is 1. The average Bonchev–Trinajstić information content (AvgIpc) is 3.04. The first kappa shape index (κ1) is 17.4. The highest BCUT2D eigenvalue weighted by atomic mass is 32.1. The maximum Gasteiger partial charge on any atom is 0.310 e. The molecular formula is C18H21N3O3S. The Morgan fingerprint density at radius 1 is 1.36 bits per heavy atom. The molecule has 0 spiro atoms. The van der Waals surface area contributed by atoms with E-state index in [1.54, 1.807) is 11.8 Å². The fourth-order valence-electron chi connectivity index (χ4n) is 3.03. The van der Waals surface area contributed by atoms with E-state index in [0.717, 1.165) is 18.4 Å². The zero-order valence-electron chi connectivity index (χ0n) is 14.1. The van der Waals surface area contributed by atoms with E-state index in [2.05, 4.69) is 4.98 Å². The summed E-state index contributed by atoms with van der Waals surface area (Å²) in [6, 6.07) is 9.52. The Kier molecular flexibility index (Phi) is 5.33. The fraction of sp³-hybridized carbons (Fsp3) is 0.389. The lowest BCUT2D eigenvalue weighted by molar-refractivity contribution is -0.149. The van der Waals surface area contributed by atoms with Crippen molar-refractivity contribution in [1.29, 1.82) is 0 Å². The summed E-state index contributed by atoms with van der Waals surface area (Å²) >= 11 is 1.19. The van der Waals surface area contributed by atoms with E-state index in [1.807, 2.05) is 30.3 Å². The van der Waals surface area contributed by atoms with Gasteiger partial charge in [-0.3, -0.25) is 9.59 Å². The molecule has 0 aliphatic carbocycles. The Morgan fingerprint density at radius 3 is 2.84 bits per heavy atom. The van der Waals surface area contributed by atoms with Crippen LogP contribution in [0.15, 0.2) is 30.3 Å². The number of thiazole rings is 1. The molecule has 0 bridgehead atoms. The highest BCUT2D eigenvalue weighted by Crippen LogP contribution is 2.31. The van der Waals surface area contributed by atoms with Crippen LogP contribution in [-0.4, -0.2) is 41.5 Å². The van der Waals surface area contributed by atoms with E-state index >= 15 is 0 Å². The number of anilines is 1. The summed E-state index contributed by atoms with van der Waals surface area (Å²) in [6.07, 6.45) is 1.53. The predicted molar refractivity (Wildman–Crippen MR) is 97.2 cm³/mol. The smallest absolute Gasteiger partial charge is 0.310 e. The number of benzene rings is 1. The number of piperidine rings is 1. The third kappa shape index (κ3) is 3.82. The summed E-state index contributed by atoms with van der Waals surface area (Å²) in [5.41, 5.74) is 7.32. The molecule has 7 heteroatoms. The Labute approximate surface area is 150 Å². The number of nitrogens with two attached hydrogens (primary N) is 1. The standard InChI is InChI=1S/C18H21N3O3S/c1-2-24-17(23)13-9-6-10-21(11-13)16(22)15-14(20-18(19)25-15)12-7-4-3-5-8-12/h3-5,7-8,13H,2,6,9-11H2,1H3,(H2,19,20). The van der Waals surface area contributed by atoms with Gasteiger partial charge in [0.1, 0.15) is 4.88 Å². The maximum absolute atomic E-state index is 13.0. The Morgan fingerprint density at radius 2 is 2.12 bits per heavy atom. The van der Waals surface area contributed by atoms with E-state index < -0.39 is 0 Å². The van der Waals surface area contributed by atoms with E-state index in [4.69, 9.17) is 10.5 Å². The van der Waals surface area contributed by atoms with Crippen LogP contribution in [0.4, 0.5) is 5.13 Å². The summed E-state index contributed by atoms with van der Waals surface area (Å²) in [5, 5.41) is 0.362. The first-order valence-electron chi connectivity index (χ1n) is 8.37. The summed E-state index contributed by atoms with van der Waals surface area (Å²) < 4.78 is 5.11. The molecule has 132 valence electrons. The Hall–Kier alpha value is -2.41. The van der Waals surface area contributed by atoms with Crippen LogP contribution in [0.3, 0.4) is 0 Å². The minimum Gasteiger partial charge on any atom is -0.466 e. The van der Waals surface area contributed by atoms with Crippen LogP contribution in [0.5, 0.6) is 0 Å². The van der Waals surface area contributed by atoms with Gasteiger partial charge in [-0.25, -0.2) is 4.98 Å². The molecule has 1 fully saturated rings. The lowest BCUT2D eigenvalue weighted by Gasteiger charge is -2.31. The van der Waals surface area contributed by atoms with Crippen LogP contribution in [0.25, 0.3) is 11.3 Å². The molecule has 6 nitrogen and oxygen atoms in total. The van der Waals surface area contributed by atoms with Gasteiger partial charge in [0.05, 0.1) is 18.2 Å². The Balaban J connectivity index is 1.83. The minimum absolute atomic E-state index is 0.123. The van der Waals surface area contributed by atoms with Crippen molar-refractivity contribution in [2.24, 2.45) is 5.92 Å². The van der Waals surface area contributed by atoms with Gasteiger partial charge in [0.2, 0.25) is 0 Å². The van der Waals surface area contributed by atoms with Gasteiger partial charge >= 0.3 is 5.97 Å². The number of rotatable bonds is 4. The van der Waals surface area contributed by atoms with Crippen LogP contribution >= 0.6 is 11.3 Å². The van der Waals surface area contributed by atoms with Crippen molar-refractivity contribution in [3.05, 3.63) is 35.2 Å². The number of nitrogen functional groups attached to an aromatic ring is 1. The molecular weight excluding hydrogens is 338 g/mol. The van der Waals surface area contributed by atoms with Crippen LogP contribution < -0.4 is 5.73 Å². The minimum atomic E-state index is -0.261. The normalized spacial score (nSPS) is 17.3. The van der Waals surface area contributed by atoms with Crippen molar-refractivity contribution in [1.82, 2.24) is 9.88 Å². The summed E-state index contributed by atoms with van der Waals surface area (Å²) in [7, 11) is 0. The number of carbonyl (C=O) groups excluding carboxylic acids is 2. The number of esters is 1. The largest absolute Gasteiger partial charge is 0.466 e. The van der Waals surface area contributed by atoms with Gasteiger partial charge in [-0.2, -0.15) is 0 Å². The van der Waals surface area contributed by atoms with E-state index in [-0.39, 0.29) is 17.8 Å². The number of hydrogen-bond acceptors (Lipinski definition) is 6. The molecule has 3 rings (SSSR count). The number of ether oxygens (including phenoxy) is 1. The fourth-order valence-corrected chi connectivity index (χ4v) is 3.85. The SMILES string of the molecule is CCOC(=O)C1CCCN(C(=O)c2sc(N)nc2-c2ccccc2)C1. The van der Waals surface area contributed by atoms with Gasteiger partial charge in [-0.15, -0.1) is 0 Å². The molecule has 2 heterocycles. The van der Waals surface area contributed by atoms with Crippen molar-refractivity contribution in [2.75, 3.05) is 25.4 Å². The van der Waals surface area contributed by atoms with Crippen molar-refractivity contribution < 1.29 is 14.3 Å². The van der Waals surface area contributed by atoms with Crippen molar-refractivity contribution in [3.8, 4) is 11.3 Å². The molecule has 2 N–H and O–H groups in total. The number of likely N-dealkylation sites (tertiary alicyclic amines) is 1. The van der Waals surface area contributed by atoms with Gasteiger partial charge in [0.25, 0.3) is 5.91 Å². The third-order valence-corrected chi connectivity index (χ3v) is 5.09. The van der Waals surface area contributed by atoms with Crippen molar-refractivity contribution >= 4 is 28.3 Å². The number of hydrogen-bond donors (Lipinski definition) is 1. The van der Waals surface area contributed by atoms with Crippen molar-refractivity contribution in [3.63, 3.8) is 0 Å². The van der Waals surface area contributed by atoms with Gasteiger partial charge in [0.15, 0.2) is 5.13 Å². The van der Waals surface area contributed by atoms with Crippen LogP contribution in [-0.2, 0) is 9.53 Å². The topological polar surface area (TPSA) is 85.5 Å². The second-order valence-electron chi connectivity index (χ2n) is 5.94. The molecule has 1 unspecified atom stereocenters. The van der Waals surface area contributed by atoms with Crippen LogP contribution in [0.1, 0.15) is 29.4 Å². The van der Waals surface area contributed by atoms with Gasteiger partial charge in [-0.1, -0.05) is 41.7 Å². The molecule has 0 radical (unpaired) electrons. The zero-order chi connectivity index (χ0) is 17.8. The maximum atomic E-state index is 13.0. The first-order chi connectivity index (χ1) is 12.1. The predicted octanol–water partition coefficient (Wildman–Crippen LogP) is 2.81. The lowest BCUT2D eigenvalue weighted by atomic mass is 9.98. The molecule has 0 saturated carbocycles. The Bertz CT molecular complexity index is 760. The molecule has 1 aliphatic heterocycles. The van der Waals surface area contributed by atoms with Crippen molar-refractivity contribution in [2.45, 2.75) is 19.8 Å². The summed E-state index contributed by atoms with van der Waals surface area (Å²) in [5.74, 6) is -0.614. The van der Waals surface area contributed by atoms with E-state index in [9.17, 15) is 9.59 Å². The quantitative estimate of drug-likeness (QED) is 0.849. The van der Waals surface area contributed by atoms with E-state index in [0.29, 0.717) is 35.4 Å². The van der Waals surface area contributed by atoms with Gasteiger partial charge < -0.3 is 15.4 Å². The molecule has 2 aromatic rings. The molecule has 1 saturated heterocycles. The molecule has 1 amide bonds. The zero-order valence-corrected chi connectivity index (χ0v) is 14.9. The molecule has 25 heavy (non-hydrogen) atoms. The average molecular weight is 359 g/mol. The first-order valence-corrected chi connectivity index (χ1v) is 9.19. The molecule has 1 atom stereocenters. The lowest BCUT2D eigenvalue weighted by Crippen LogP contribution is -2.42. The van der Waals surface area contributed by atoms with Gasteiger partial charge in [0, 0.05) is 18.7 Å². The second kappa shape index (κ2) is 7.65. The third-order valence-electron chi connectivity index (χ3n) is 4.21. The molecule has 1 aromatic carbocycles. The number of nitrogens with zero attached hydrogens (tertiary/aromatic N) is 2. The summed E-state index contributed by atoms with van der Waals surface area (Å²) in [6.45, 7) is 3.15. The monoisotopic (exact) mass is 359 g/mol. The highest BCUT2D eigenvalue weighted by molar-refractivity contribution is 7.17. The van der Waals surface area contributed by atoms with Crippen LogP contribution in [0.2, 0.25) is 0 Å². The number of amides is 1. The highest BCUT2D eigenvalue weighted by Gasteiger charge is 2.32. The van der Waals surface area contributed by atoms with E-state index in [1.165, 1.54) is 11.3 Å². The van der Waals surface area contributed by atoms with Gasteiger partial charge in [-0.05, 0) is 19.8 Å².